The molecule has 0 saturated heterocycles. The summed E-state index contributed by atoms with van der Waals surface area (Å²) < 4.78 is 0. The number of carbonyl (C=O) groups excluding carboxylic acids is 2. The van der Waals surface area contributed by atoms with Crippen molar-refractivity contribution in [3.8, 4) is 0 Å². The molecular weight excluding hydrogens is 308 g/mol. The first-order chi connectivity index (χ1) is 11.0. The Morgan fingerprint density at radius 3 is 2.39 bits per heavy atom. The summed E-state index contributed by atoms with van der Waals surface area (Å²) in [6, 6.07) is 11.6. The van der Waals surface area contributed by atoms with Gasteiger partial charge in [0.2, 0.25) is 0 Å². The molecule has 2 amide bonds. The van der Waals surface area contributed by atoms with E-state index in [1.165, 1.54) is 4.88 Å². The van der Waals surface area contributed by atoms with Crippen molar-refractivity contribution >= 4 is 28.8 Å². The molecule has 1 aromatic carbocycles. The van der Waals surface area contributed by atoms with Gasteiger partial charge in [0.1, 0.15) is 0 Å². The molecule has 23 heavy (non-hydrogen) atoms. The van der Waals surface area contributed by atoms with Gasteiger partial charge in [-0.25, -0.2) is 0 Å². The Morgan fingerprint density at radius 1 is 1.04 bits per heavy atom. The second-order valence-corrected chi connectivity index (χ2v) is 6.85. The third-order valence-corrected chi connectivity index (χ3v) is 4.76. The quantitative estimate of drug-likeness (QED) is 0.822. The number of anilines is 1. The molecule has 2 aromatic rings. The molecule has 1 aromatic heterocycles. The number of amides is 2. The third-order valence-electron chi connectivity index (χ3n) is 3.53. The number of carbonyl (C=O) groups is 2. The zero-order valence-electron chi connectivity index (χ0n) is 13.7. The molecule has 0 unspecified atom stereocenters. The van der Waals surface area contributed by atoms with Crippen LogP contribution in [0.1, 0.15) is 42.0 Å². The highest BCUT2D eigenvalue weighted by atomic mass is 32.1. The smallest absolute Gasteiger partial charge is 0.313 e. The van der Waals surface area contributed by atoms with Gasteiger partial charge in [-0.05, 0) is 36.1 Å². The van der Waals surface area contributed by atoms with Crippen LogP contribution >= 0.6 is 11.3 Å². The van der Waals surface area contributed by atoms with E-state index >= 15 is 0 Å². The first-order valence-electron chi connectivity index (χ1n) is 7.77. The van der Waals surface area contributed by atoms with Crippen LogP contribution in [0.3, 0.4) is 0 Å². The van der Waals surface area contributed by atoms with Gasteiger partial charge in [-0.2, -0.15) is 0 Å². The zero-order valence-corrected chi connectivity index (χ0v) is 14.5. The summed E-state index contributed by atoms with van der Waals surface area (Å²) >= 11 is 1.65. The van der Waals surface area contributed by atoms with Crippen LogP contribution in [0.15, 0.2) is 36.4 Å². The second kappa shape index (κ2) is 7.92. The highest BCUT2D eigenvalue weighted by Crippen LogP contribution is 2.23. The Balaban J connectivity index is 1.94. The van der Waals surface area contributed by atoms with Gasteiger partial charge in [-0.1, -0.05) is 39.0 Å². The Bertz CT molecular complexity index is 692. The Labute approximate surface area is 140 Å². The van der Waals surface area contributed by atoms with Crippen molar-refractivity contribution in [1.29, 1.82) is 0 Å². The molecule has 0 spiro atoms. The minimum Gasteiger partial charge on any atom is -0.343 e. The van der Waals surface area contributed by atoms with Crippen LogP contribution in [0.2, 0.25) is 0 Å². The lowest BCUT2D eigenvalue weighted by molar-refractivity contribution is -0.136. The van der Waals surface area contributed by atoms with E-state index < -0.39 is 11.8 Å². The van der Waals surface area contributed by atoms with Gasteiger partial charge in [-0.15, -0.1) is 11.3 Å². The highest BCUT2D eigenvalue weighted by Gasteiger charge is 2.16. The van der Waals surface area contributed by atoms with Gasteiger partial charge in [0.25, 0.3) is 0 Å². The molecule has 0 bridgehead atoms. The molecule has 122 valence electrons. The van der Waals surface area contributed by atoms with Crippen LogP contribution in [0, 0.1) is 0 Å². The Kier molecular flexibility index (Phi) is 5.93. The van der Waals surface area contributed by atoms with Crippen molar-refractivity contribution in [3.05, 3.63) is 51.7 Å². The summed E-state index contributed by atoms with van der Waals surface area (Å²) in [4.78, 5) is 26.3. The summed E-state index contributed by atoms with van der Waals surface area (Å²) in [6.07, 6.45) is 0.977. The van der Waals surface area contributed by atoms with Gasteiger partial charge < -0.3 is 10.6 Å². The van der Waals surface area contributed by atoms with Gasteiger partial charge >= 0.3 is 11.8 Å². The van der Waals surface area contributed by atoms with Crippen molar-refractivity contribution in [3.63, 3.8) is 0 Å². The molecule has 4 nitrogen and oxygen atoms in total. The van der Waals surface area contributed by atoms with Gasteiger partial charge in [0, 0.05) is 15.4 Å². The predicted molar refractivity (Wildman–Crippen MR) is 94.7 cm³/mol. The maximum Gasteiger partial charge on any atom is 0.313 e. The Morgan fingerprint density at radius 2 is 1.74 bits per heavy atom. The van der Waals surface area contributed by atoms with E-state index in [-0.39, 0.29) is 5.92 Å². The van der Waals surface area contributed by atoms with E-state index in [4.69, 9.17) is 0 Å². The zero-order chi connectivity index (χ0) is 16.8. The van der Waals surface area contributed by atoms with Crippen LogP contribution < -0.4 is 10.6 Å². The van der Waals surface area contributed by atoms with Crippen molar-refractivity contribution in [2.24, 2.45) is 0 Å². The van der Waals surface area contributed by atoms with Crippen LogP contribution in [0.25, 0.3) is 0 Å². The molecule has 1 heterocycles. The molecule has 5 heteroatoms. The lowest BCUT2D eigenvalue weighted by Crippen LogP contribution is -2.35. The van der Waals surface area contributed by atoms with Gasteiger partial charge in [-0.3, -0.25) is 9.59 Å². The molecule has 0 radical (unpaired) electrons. The fraction of sp³-hybridized carbons (Fsp3) is 0.333. The topological polar surface area (TPSA) is 58.2 Å². The monoisotopic (exact) mass is 330 g/mol. The molecule has 0 fully saturated rings. The summed E-state index contributed by atoms with van der Waals surface area (Å²) in [5, 5.41) is 5.36. The fourth-order valence-electron chi connectivity index (χ4n) is 2.25. The number of hydrogen-bond donors (Lipinski definition) is 2. The van der Waals surface area contributed by atoms with E-state index in [0.717, 1.165) is 16.9 Å². The molecule has 2 N–H and O–H groups in total. The first-order valence-corrected chi connectivity index (χ1v) is 8.58. The molecule has 0 saturated carbocycles. The number of para-hydroxylation sites is 1. The second-order valence-electron chi connectivity index (χ2n) is 5.60. The summed E-state index contributed by atoms with van der Waals surface area (Å²) in [5.74, 6) is -0.978. The van der Waals surface area contributed by atoms with Crippen LogP contribution in [-0.4, -0.2) is 11.8 Å². The van der Waals surface area contributed by atoms with E-state index in [1.54, 1.807) is 11.3 Å². The van der Waals surface area contributed by atoms with E-state index in [2.05, 4.69) is 17.6 Å². The summed E-state index contributed by atoms with van der Waals surface area (Å²) in [6.45, 7) is 6.57. The maximum atomic E-state index is 12.1. The molecule has 0 atom stereocenters. The minimum atomic E-state index is -0.634. The lowest BCUT2D eigenvalue weighted by atomic mass is 10.0. The number of thiophene rings is 1. The molecule has 0 aliphatic heterocycles. The number of rotatable bonds is 5. The third kappa shape index (κ3) is 4.66. The van der Waals surface area contributed by atoms with Crippen LogP contribution in [0.4, 0.5) is 5.69 Å². The predicted octanol–water partition coefficient (Wildman–Crippen LogP) is 3.69. The largest absolute Gasteiger partial charge is 0.343 e. The average molecular weight is 330 g/mol. The minimum absolute atomic E-state index is 0.271. The first kappa shape index (κ1) is 17.2. The maximum absolute atomic E-state index is 12.1. The van der Waals surface area contributed by atoms with Crippen LogP contribution in [0.5, 0.6) is 0 Å². The number of aryl methyl sites for hydroxylation is 1. The van der Waals surface area contributed by atoms with Crippen molar-refractivity contribution in [2.45, 2.75) is 39.7 Å². The summed E-state index contributed by atoms with van der Waals surface area (Å²) in [5.41, 5.74) is 1.70. The summed E-state index contributed by atoms with van der Waals surface area (Å²) in [7, 11) is 0. The number of hydrogen-bond acceptors (Lipinski definition) is 3. The normalized spacial score (nSPS) is 10.6. The van der Waals surface area contributed by atoms with Crippen LogP contribution in [-0.2, 0) is 22.6 Å². The van der Waals surface area contributed by atoms with Gasteiger partial charge in [0.15, 0.2) is 0 Å². The molecular formula is C18H22N2O2S. The molecule has 0 aliphatic rings. The lowest BCUT2D eigenvalue weighted by Gasteiger charge is -2.13. The number of nitrogens with one attached hydrogen (secondary N) is 2. The Hall–Kier alpha value is -2.14. The molecule has 2 rings (SSSR count). The van der Waals surface area contributed by atoms with Gasteiger partial charge in [0.05, 0.1) is 6.54 Å². The van der Waals surface area contributed by atoms with E-state index in [1.807, 2.05) is 50.2 Å². The van der Waals surface area contributed by atoms with E-state index in [9.17, 15) is 9.59 Å². The number of benzene rings is 1. The standard InChI is InChI=1S/C18H22N2O2S/c1-4-13-9-10-14(23-13)11-19-17(21)18(22)20-16-8-6-5-7-15(16)12(2)3/h5-10,12H,4,11H2,1-3H3,(H,19,21)(H,20,22). The fourth-order valence-corrected chi connectivity index (χ4v) is 3.15. The van der Waals surface area contributed by atoms with E-state index in [0.29, 0.717) is 12.2 Å². The molecule has 0 aliphatic carbocycles. The van der Waals surface area contributed by atoms with Crippen molar-refractivity contribution in [1.82, 2.24) is 5.32 Å². The average Bonchev–Trinajstić information content (AvgIpc) is 3.01. The van der Waals surface area contributed by atoms with Crippen molar-refractivity contribution < 1.29 is 9.59 Å². The highest BCUT2D eigenvalue weighted by molar-refractivity contribution is 7.11. The SMILES string of the molecule is CCc1ccc(CNC(=O)C(=O)Nc2ccccc2C(C)C)s1. The van der Waals surface area contributed by atoms with Crippen molar-refractivity contribution in [2.75, 3.05) is 5.32 Å².